The van der Waals surface area contributed by atoms with Crippen molar-refractivity contribution in [3.63, 3.8) is 0 Å². The summed E-state index contributed by atoms with van der Waals surface area (Å²) in [6.07, 6.45) is 5.82. The predicted molar refractivity (Wildman–Crippen MR) is 78.7 cm³/mol. The van der Waals surface area contributed by atoms with Crippen LogP contribution >= 0.6 is 0 Å². The molecule has 2 rings (SSSR count). The van der Waals surface area contributed by atoms with E-state index >= 15 is 0 Å². The summed E-state index contributed by atoms with van der Waals surface area (Å²) in [5, 5.41) is 12.2. The van der Waals surface area contributed by atoms with E-state index in [1.807, 2.05) is 6.92 Å². The Labute approximate surface area is 125 Å². The molecule has 0 saturated carbocycles. The lowest BCUT2D eigenvalue weighted by Crippen LogP contribution is -2.45. The second kappa shape index (κ2) is 6.60. The minimum absolute atomic E-state index is 0.0637. The van der Waals surface area contributed by atoms with Gasteiger partial charge in [0.15, 0.2) is 0 Å². The number of ether oxygens (including phenoxy) is 1. The predicted octanol–water partition coefficient (Wildman–Crippen LogP) is 1.97. The minimum Gasteiger partial charge on any atom is -0.481 e. The van der Waals surface area contributed by atoms with Crippen molar-refractivity contribution in [2.45, 2.75) is 58.3 Å². The van der Waals surface area contributed by atoms with Gasteiger partial charge in [0, 0.05) is 6.04 Å². The summed E-state index contributed by atoms with van der Waals surface area (Å²) in [5.74, 6) is -1.86. The van der Waals surface area contributed by atoms with E-state index in [-0.39, 0.29) is 18.1 Å². The maximum Gasteiger partial charge on any atom is 0.310 e. The number of carbonyl (C=O) groups is 2. The van der Waals surface area contributed by atoms with Gasteiger partial charge in [-0.2, -0.15) is 0 Å². The summed E-state index contributed by atoms with van der Waals surface area (Å²) in [5.41, 5.74) is 0. The van der Waals surface area contributed by atoms with Gasteiger partial charge in [0.05, 0.1) is 18.1 Å². The average molecular weight is 295 g/mol. The molecule has 1 fully saturated rings. The molecular weight excluding hydrogens is 270 g/mol. The quantitative estimate of drug-likeness (QED) is 0.704. The van der Waals surface area contributed by atoms with Gasteiger partial charge in [-0.3, -0.25) is 9.59 Å². The molecule has 5 atom stereocenters. The number of amides is 1. The zero-order chi connectivity index (χ0) is 15.6. The first-order chi connectivity index (χ1) is 9.90. The van der Waals surface area contributed by atoms with Crippen molar-refractivity contribution in [3.8, 4) is 0 Å². The third-order valence-corrected chi connectivity index (χ3v) is 4.29. The highest BCUT2D eigenvalue weighted by Gasteiger charge is 2.53. The van der Waals surface area contributed by atoms with Crippen molar-refractivity contribution in [2.75, 3.05) is 0 Å². The standard InChI is InChI=1S/C16H25NO4/c1-9(2)5-4-6-10(3)17-15(18)13-11-7-8-12(21-11)14(13)16(19)20/h7-14H,4-6H2,1-3H3,(H,17,18)(H,19,20)/t10-,11+,12-,13+,14+/m1/s1. The van der Waals surface area contributed by atoms with Crippen LogP contribution in [-0.4, -0.2) is 35.2 Å². The second-order valence-corrected chi connectivity index (χ2v) is 6.57. The SMILES string of the molecule is CC(C)CCC[C@@H](C)NC(=O)[C@@H]1[C@@H](C(=O)O)[C@H]2C=C[C@@H]1O2. The first-order valence-corrected chi connectivity index (χ1v) is 7.77. The van der Waals surface area contributed by atoms with E-state index in [1.165, 1.54) is 0 Å². The van der Waals surface area contributed by atoms with Crippen LogP contribution in [0.25, 0.3) is 0 Å². The Morgan fingerprint density at radius 3 is 2.33 bits per heavy atom. The molecule has 0 unspecified atom stereocenters. The normalized spacial score (nSPS) is 31.6. The molecule has 0 aliphatic carbocycles. The molecule has 1 saturated heterocycles. The fourth-order valence-corrected chi connectivity index (χ4v) is 3.16. The molecule has 0 spiro atoms. The van der Waals surface area contributed by atoms with E-state index in [0.29, 0.717) is 5.92 Å². The lowest BCUT2D eigenvalue weighted by atomic mass is 9.82. The van der Waals surface area contributed by atoms with Crippen LogP contribution in [0.5, 0.6) is 0 Å². The van der Waals surface area contributed by atoms with Crippen molar-refractivity contribution in [1.29, 1.82) is 0 Å². The lowest BCUT2D eigenvalue weighted by Gasteiger charge is -2.23. The van der Waals surface area contributed by atoms with E-state index < -0.39 is 23.9 Å². The summed E-state index contributed by atoms with van der Waals surface area (Å²) in [4.78, 5) is 23.7. The lowest BCUT2D eigenvalue weighted by molar-refractivity contribution is -0.146. The summed E-state index contributed by atoms with van der Waals surface area (Å²) in [6, 6.07) is 0.0637. The van der Waals surface area contributed by atoms with Gasteiger partial charge in [-0.1, -0.05) is 38.8 Å². The summed E-state index contributed by atoms with van der Waals surface area (Å²) in [7, 11) is 0. The highest BCUT2D eigenvalue weighted by Crippen LogP contribution is 2.39. The van der Waals surface area contributed by atoms with Crippen LogP contribution < -0.4 is 5.32 Å². The zero-order valence-electron chi connectivity index (χ0n) is 12.9. The Balaban J connectivity index is 1.88. The molecule has 2 aliphatic rings. The first kappa shape index (κ1) is 16.0. The molecule has 2 aliphatic heterocycles. The Hall–Kier alpha value is -1.36. The number of nitrogens with one attached hydrogen (secondary N) is 1. The molecule has 2 heterocycles. The third-order valence-electron chi connectivity index (χ3n) is 4.29. The smallest absolute Gasteiger partial charge is 0.310 e. The molecule has 5 heteroatoms. The number of aliphatic carboxylic acids is 1. The molecule has 0 aromatic heterocycles. The van der Waals surface area contributed by atoms with Gasteiger partial charge in [0.25, 0.3) is 0 Å². The molecule has 0 radical (unpaired) electrons. The third kappa shape index (κ3) is 3.64. The van der Waals surface area contributed by atoms with Gasteiger partial charge in [0.2, 0.25) is 5.91 Å². The topological polar surface area (TPSA) is 75.6 Å². The van der Waals surface area contributed by atoms with Crippen LogP contribution in [-0.2, 0) is 14.3 Å². The number of carboxylic acids is 1. The number of rotatable bonds is 7. The second-order valence-electron chi connectivity index (χ2n) is 6.57. The Morgan fingerprint density at radius 2 is 1.76 bits per heavy atom. The van der Waals surface area contributed by atoms with Crippen LogP contribution in [0.1, 0.15) is 40.0 Å². The Bertz CT molecular complexity index is 432. The van der Waals surface area contributed by atoms with Crippen LogP contribution in [0.15, 0.2) is 12.2 Å². The molecule has 5 nitrogen and oxygen atoms in total. The van der Waals surface area contributed by atoms with Gasteiger partial charge in [-0.05, 0) is 19.3 Å². The maximum atomic E-state index is 12.4. The number of carbonyl (C=O) groups excluding carboxylic acids is 1. The average Bonchev–Trinajstić information content (AvgIpc) is 2.97. The summed E-state index contributed by atoms with van der Waals surface area (Å²) in [6.45, 7) is 6.33. The van der Waals surface area contributed by atoms with E-state index in [9.17, 15) is 14.7 Å². The number of carboxylic acid groups (broad SMARTS) is 1. The van der Waals surface area contributed by atoms with E-state index in [4.69, 9.17) is 4.74 Å². The molecule has 0 aromatic carbocycles. The Kier molecular flexibility index (Phi) is 5.04. The van der Waals surface area contributed by atoms with Gasteiger partial charge in [0.1, 0.15) is 5.92 Å². The molecule has 2 bridgehead atoms. The summed E-state index contributed by atoms with van der Waals surface area (Å²) < 4.78 is 5.52. The van der Waals surface area contributed by atoms with Gasteiger partial charge >= 0.3 is 5.97 Å². The van der Waals surface area contributed by atoms with Crippen molar-refractivity contribution >= 4 is 11.9 Å². The van der Waals surface area contributed by atoms with Crippen molar-refractivity contribution in [3.05, 3.63) is 12.2 Å². The molecule has 2 N–H and O–H groups in total. The highest BCUT2D eigenvalue weighted by atomic mass is 16.5. The van der Waals surface area contributed by atoms with Crippen LogP contribution in [0.3, 0.4) is 0 Å². The van der Waals surface area contributed by atoms with Crippen LogP contribution in [0, 0.1) is 17.8 Å². The van der Waals surface area contributed by atoms with Crippen LogP contribution in [0.4, 0.5) is 0 Å². The fourth-order valence-electron chi connectivity index (χ4n) is 3.16. The molecule has 0 aromatic rings. The van der Waals surface area contributed by atoms with Gasteiger partial charge < -0.3 is 15.2 Å². The van der Waals surface area contributed by atoms with Gasteiger partial charge in [-0.15, -0.1) is 0 Å². The Morgan fingerprint density at radius 1 is 1.14 bits per heavy atom. The highest BCUT2D eigenvalue weighted by molar-refractivity contribution is 5.87. The fraction of sp³-hybridized carbons (Fsp3) is 0.750. The minimum atomic E-state index is -0.959. The van der Waals surface area contributed by atoms with Gasteiger partial charge in [-0.25, -0.2) is 0 Å². The van der Waals surface area contributed by atoms with E-state index in [2.05, 4.69) is 19.2 Å². The largest absolute Gasteiger partial charge is 0.481 e. The molecule has 21 heavy (non-hydrogen) atoms. The monoisotopic (exact) mass is 295 g/mol. The van der Waals surface area contributed by atoms with Crippen molar-refractivity contribution < 1.29 is 19.4 Å². The zero-order valence-corrected chi connectivity index (χ0v) is 12.9. The number of fused-ring (bicyclic) bond motifs is 2. The summed E-state index contributed by atoms with van der Waals surface area (Å²) >= 11 is 0. The van der Waals surface area contributed by atoms with Crippen molar-refractivity contribution in [1.82, 2.24) is 5.32 Å². The first-order valence-electron chi connectivity index (χ1n) is 7.77. The van der Waals surface area contributed by atoms with Crippen LogP contribution in [0.2, 0.25) is 0 Å². The number of hydrogen-bond donors (Lipinski definition) is 2. The van der Waals surface area contributed by atoms with E-state index in [1.54, 1.807) is 12.2 Å². The molecule has 118 valence electrons. The molecular formula is C16H25NO4. The number of hydrogen-bond acceptors (Lipinski definition) is 3. The molecule has 1 amide bonds. The van der Waals surface area contributed by atoms with E-state index in [0.717, 1.165) is 19.3 Å². The van der Waals surface area contributed by atoms with Crippen molar-refractivity contribution in [2.24, 2.45) is 17.8 Å². The maximum absolute atomic E-state index is 12.4.